The summed E-state index contributed by atoms with van der Waals surface area (Å²) in [5, 5.41) is 23.6. The first kappa shape index (κ1) is 22.2. The number of nitrogens with zero attached hydrogens (tertiary/aromatic N) is 1. The number of rotatable bonds is 6. The lowest BCUT2D eigenvalue weighted by Gasteiger charge is -2.69. The molecule has 7 bridgehead atoms. The average molecular weight is 452 g/mol. The molecule has 0 amide bonds. The Morgan fingerprint density at radius 3 is 2.34 bits per heavy atom. The smallest absolute Gasteiger partial charge is 0.0796 e. The summed E-state index contributed by atoms with van der Waals surface area (Å²) in [6, 6.07) is 0.186. The number of aliphatic hydroxyl groups is 2. The fourth-order valence-electron chi connectivity index (χ4n) is 11.0. The van der Waals surface area contributed by atoms with E-state index in [-0.39, 0.29) is 77.5 Å². The van der Waals surface area contributed by atoms with Crippen LogP contribution < -0.4 is 0 Å². The Labute approximate surface area is 191 Å². The van der Waals surface area contributed by atoms with E-state index in [1.807, 2.05) is 14.2 Å². The Hall–Kier alpha value is -0.280. The first-order valence-corrected chi connectivity index (χ1v) is 12.6. The van der Waals surface area contributed by atoms with Crippen LogP contribution in [0.5, 0.6) is 0 Å². The van der Waals surface area contributed by atoms with Gasteiger partial charge in [0.15, 0.2) is 0 Å². The molecule has 2 N–H and O–H groups in total. The van der Waals surface area contributed by atoms with Crippen molar-refractivity contribution in [1.82, 2.24) is 4.90 Å². The molecule has 1 spiro atoms. The molecule has 1 aliphatic heterocycles. The summed E-state index contributed by atoms with van der Waals surface area (Å²) >= 11 is 0. The van der Waals surface area contributed by atoms with Crippen LogP contribution in [0.15, 0.2) is 0 Å². The van der Waals surface area contributed by atoms with Gasteiger partial charge in [0.1, 0.15) is 0 Å². The highest BCUT2D eigenvalue weighted by Crippen LogP contribution is 2.79. The van der Waals surface area contributed by atoms with Gasteiger partial charge in [-0.3, -0.25) is 4.90 Å². The van der Waals surface area contributed by atoms with E-state index < -0.39 is 5.60 Å². The minimum atomic E-state index is -0.912. The molecule has 0 aromatic rings. The fourth-order valence-corrected chi connectivity index (χ4v) is 11.0. The van der Waals surface area contributed by atoms with E-state index in [0.717, 1.165) is 32.4 Å². The first-order chi connectivity index (χ1) is 15.4. The third-order valence-electron chi connectivity index (χ3n) is 11.5. The molecule has 13 atom stereocenters. The molecule has 7 nitrogen and oxygen atoms in total. The fraction of sp³-hybridized carbons (Fsp3) is 1.00. The molecular weight excluding hydrogens is 410 g/mol. The van der Waals surface area contributed by atoms with Crippen LogP contribution in [0.1, 0.15) is 32.6 Å². The Kier molecular flexibility index (Phi) is 4.94. The Morgan fingerprint density at radius 2 is 1.75 bits per heavy atom. The first-order valence-electron chi connectivity index (χ1n) is 12.6. The zero-order valence-electron chi connectivity index (χ0n) is 20.2. The highest BCUT2D eigenvalue weighted by Gasteiger charge is 2.86. The van der Waals surface area contributed by atoms with E-state index >= 15 is 0 Å². The van der Waals surface area contributed by atoms with E-state index in [9.17, 15) is 10.2 Å². The van der Waals surface area contributed by atoms with Crippen molar-refractivity contribution in [1.29, 1.82) is 0 Å². The van der Waals surface area contributed by atoms with E-state index in [0.29, 0.717) is 6.42 Å². The van der Waals surface area contributed by atoms with Crippen molar-refractivity contribution < 1.29 is 29.2 Å². The summed E-state index contributed by atoms with van der Waals surface area (Å²) < 4.78 is 24.9. The van der Waals surface area contributed by atoms with Crippen LogP contribution in [-0.4, -0.2) is 99.3 Å². The maximum absolute atomic E-state index is 12.7. The second-order valence-electron chi connectivity index (χ2n) is 11.7. The zero-order chi connectivity index (χ0) is 22.6. The van der Waals surface area contributed by atoms with Crippen molar-refractivity contribution >= 4 is 0 Å². The SMILES string of the molecule is CCN1C[C@]2(CO)CC[C@H](OC)[C@]34C1C([C@H](OC)[C@H]23)[C@@]1(O)C[C@H](OC)[C@H]2C[C@@H]4[C@@H]1[C@H]2OC. The predicted octanol–water partition coefficient (Wildman–Crippen LogP) is 1.16. The van der Waals surface area contributed by atoms with Crippen LogP contribution in [0.2, 0.25) is 0 Å². The number of piperidine rings is 1. The van der Waals surface area contributed by atoms with Gasteiger partial charge >= 0.3 is 0 Å². The predicted molar refractivity (Wildman–Crippen MR) is 117 cm³/mol. The molecule has 1 heterocycles. The van der Waals surface area contributed by atoms with Gasteiger partial charge in [0, 0.05) is 81.9 Å². The highest BCUT2D eigenvalue weighted by molar-refractivity contribution is 5.35. The molecule has 6 fully saturated rings. The van der Waals surface area contributed by atoms with Crippen LogP contribution in [-0.2, 0) is 18.9 Å². The number of aliphatic hydroxyl groups excluding tert-OH is 1. The monoisotopic (exact) mass is 451 g/mol. The molecule has 7 heteroatoms. The maximum atomic E-state index is 12.7. The minimum absolute atomic E-state index is 0.0124. The topological polar surface area (TPSA) is 80.6 Å². The lowest BCUT2D eigenvalue weighted by molar-refractivity contribution is -0.277. The van der Waals surface area contributed by atoms with Crippen LogP contribution in [0.3, 0.4) is 0 Å². The van der Waals surface area contributed by atoms with Crippen LogP contribution in [0.25, 0.3) is 0 Å². The molecule has 6 aliphatic rings. The van der Waals surface area contributed by atoms with Gasteiger partial charge in [-0.05, 0) is 31.7 Å². The second kappa shape index (κ2) is 7.12. The van der Waals surface area contributed by atoms with Crippen LogP contribution in [0.4, 0.5) is 0 Å². The number of fused-ring (bicyclic) bond motifs is 2. The molecule has 32 heavy (non-hydrogen) atoms. The van der Waals surface area contributed by atoms with Crippen molar-refractivity contribution in [3.63, 3.8) is 0 Å². The van der Waals surface area contributed by atoms with E-state index in [2.05, 4.69) is 11.8 Å². The Bertz CT molecular complexity index is 767. The summed E-state index contributed by atoms with van der Waals surface area (Å²) in [7, 11) is 7.24. The minimum Gasteiger partial charge on any atom is -0.396 e. The third-order valence-corrected chi connectivity index (χ3v) is 11.5. The molecule has 182 valence electrons. The van der Waals surface area contributed by atoms with Crippen LogP contribution >= 0.6 is 0 Å². The molecular formula is C25H41NO6. The zero-order valence-corrected chi connectivity index (χ0v) is 20.2. The number of likely N-dealkylation sites (tertiary alicyclic amines) is 1. The number of methoxy groups -OCH3 is 4. The summed E-state index contributed by atoms with van der Waals surface area (Å²) in [5.41, 5.74) is -1.28. The molecule has 0 aromatic carbocycles. The van der Waals surface area contributed by atoms with Crippen molar-refractivity contribution in [3.05, 3.63) is 0 Å². The van der Waals surface area contributed by atoms with Gasteiger partial charge in [0.2, 0.25) is 0 Å². The molecule has 0 radical (unpaired) electrons. The summed E-state index contributed by atoms with van der Waals surface area (Å²) in [6.45, 7) is 4.17. The van der Waals surface area contributed by atoms with Gasteiger partial charge in [-0.2, -0.15) is 0 Å². The van der Waals surface area contributed by atoms with Gasteiger partial charge in [-0.1, -0.05) is 6.92 Å². The Balaban J connectivity index is 1.64. The van der Waals surface area contributed by atoms with Crippen LogP contribution in [0, 0.1) is 40.4 Å². The lowest BCUT2D eigenvalue weighted by Crippen LogP contribution is -2.76. The van der Waals surface area contributed by atoms with Crippen molar-refractivity contribution in [2.75, 3.05) is 48.1 Å². The molecule has 1 saturated heterocycles. The highest BCUT2D eigenvalue weighted by atomic mass is 16.5. The van der Waals surface area contributed by atoms with Crippen molar-refractivity contribution in [2.45, 2.75) is 68.7 Å². The summed E-state index contributed by atoms with van der Waals surface area (Å²) in [5.74, 6) is 0.737. The number of hydrogen-bond acceptors (Lipinski definition) is 7. The van der Waals surface area contributed by atoms with Gasteiger partial charge in [-0.25, -0.2) is 0 Å². The molecule has 5 aliphatic carbocycles. The van der Waals surface area contributed by atoms with Gasteiger partial charge < -0.3 is 29.2 Å². The Morgan fingerprint density at radius 1 is 1.00 bits per heavy atom. The molecule has 2 unspecified atom stereocenters. The van der Waals surface area contributed by atoms with Gasteiger partial charge in [0.25, 0.3) is 0 Å². The quantitative estimate of drug-likeness (QED) is 0.627. The third kappa shape index (κ3) is 2.15. The number of hydrogen-bond donors (Lipinski definition) is 2. The molecule has 5 saturated carbocycles. The average Bonchev–Trinajstić information content (AvgIpc) is 3.26. The lowest BCUT2D eigenvalue weighted by atomic mass is 9.43. The summed E-state index contributed by atoms with van der Waals surface area (Å²) in [6.07, 6.45) is 3.49. The largest absolute Gasteiger partial charge is 0.396 e. The van der Waals surface area contributed by atoms with Crippen molar-refractivity contribution in [3.8, 4) is 0 Å². The van der Waals surface area contributed by atoms with E-state index in [1.54, 1.807) is 14.2 Å². The normalized spacial score (nSPS) is 60.1. The molecule has 0 aromatic heterocycles. The molecule has 6 rings (SSSR count). The van der Waals surface area contributed by atoms with Gasteiger partial charge in [0.05, 0.1) is 36.6 Å². The number of ether oxygens (including phenoxy) is 4. The van der Waals surface area contributed by atoms with Gasteiger partial charge in [-0.15, -0.1) is 0 Å². The summed E-state index contributed by atoms with van der Waals surface area (Å²) in [4.78, 5) is 2.57. The standard InChI is InChI=1S/C25H41NO6/c1-6-26-11-23(12-27)8-7-16(30-3)25-14-9-13-15(29-2)10-24(28,17(14)19(13)31-4)18(22(25)26)20(32-5)21(23)25/h13-22,27-28H,6-12H2,1-5H3/t13-,14-,15+,16+,17-,18?,19+,20+,21-,22?,23+,24-,25+/m1/s1. The maximum Gasteiger partial charge on any atom is 0.0796 e. The second-order valence-corrected chi connectivity index (χ2v) is 11.7. The van der Waals surface area contributed by atoms with E-state index in [4.69, 9.17) is 18.9 Å². The van der Waals surface area contributed by atoms with Crippen molar-refractivity contribution in [2.24, 2.45) is 40.4 Å². The van der Waals surface area contributed by atoms with E-state index in [1.165, 1.54) is 0 Å².